The van der Waals surface area contributed by atoms with Gasteiger partial charge in [-0.25, -0.2) is 0 Å². The van der Waals surface area contributed by atoms with E-state index in [4.69, 9.17) is 10.5 Å². The third-order valence-corrected chi connectivity index (χ3v) is 3.36. The highest BCUT2D eigenvalue weighted by molar-refractivity contribution is 14.1. The fourth-order valence-electron chi connectivity index (χ4n) is 1.49. The molecule has 0 saturated heterocycles. The molecule has 0 aromatic heterocycles. The summed E-state index contributed by atoms with van der Waals surface area (Å²) in [4.78, 5) is 0. The van der Waals surface area contributed by atoms with Crippen molar-refractivity contribution in [3.05, 3.63) is 57.7 Å². The second-order valence-corrected chi connectivity index (χ2v) is 5.05. The highest BCUT2D eigenvalue weighted by atomic mass is 127. The molecule has 2 N–H and O–H groups in total. The number of rotatable bonds is 3. The number of halogens is 1. The van der Waals surface area contributed by atoms with E-state index in [0.717, 1.165) is 20.6 Å². The maximum Gasteiger partial charge on any atom is 0.140 e. The summed E-state index contributed by atoms with van der Waals surface area (Å²) in [7, 11) is 0. The molecule has 0 bridgehead atoms. The Morgan fingerprint density at radius 2 is 1.71 bits per heavy atom. The molecule has 2 nitrogen and oxygen atoms in total. The van der Waals surface area contributed by atoms with Crippen LogP contribution in [0.1, 0.15) is 18.5 Å². The van der Waals surface area contributed by atoms with E-state index >= 15 is 0 Å². The average Bonchev–Trinajstić information content (AvgIpc) is 2.33. The number of ether oxygens (including phenoxy) is 1. The molecule has 3 heteroatoms. The molecule has 0 radical (unpaired) electrons. The van der Waals surface area contributed by atoms with Gasteiger partial charge >= 0.3 is 0 Å². The topological polar surface area (TPSA) is 35.2 Å². The first kappa shape index (κ1) is 12.4. The predicted molar refractivity (Wildman–Crippen MR) is 78.3 cm³/mol. The van der Waals surface area contributed by atoms with E-state index in [0.29, 0.717) is 0 Å². The van der Waals surface area contributed by atoms with Gasteiger partial charge in [0.1, 0.15) is 11.5 Å². The molecule has 17 heavy (non-hydrogen) atoms. The van der Waals surface area contributed by atoms with Crippen LogP contribution in [0.4, 0.5) is 0 Å². The zero-order chi connectivity index (χ0) is 12.3. The van der Waals surface area contributed by atoms with Crippen LogP contribution in [0, 0.1) is 3.57 Å². The minimum Gasteiger partial charge on any atom is -0.456 e. The molecule has 2 aromatic rings. The third kappa shape index (κ3) is 3.20. The Morgan fingerprint density at radius 1 is 1.06 bits per heavy atom. The average molecular weight is 339 g/mol. The van der Waals surface area contributed by atoms with Gasteiger partial charge < -0.3 is 10.5 Å². The molecule has 0 aliphatic carbocycles. The highest BCUT2D eigenvalue weighted by Crippen LogP contribution is 2.26. The van der Waals surface area contributed by atoms with E-state index in [1.165, 1.54) is 0 Å². The zero-order valence-corrected chi connectivity index (χ0v) is 11.7. The monoisotopic (exact) mass is 339 g/mol. The van der Waals surface area contributed by atoms with Crippen LogP contribution in [0.2, 0.25) is 0 Å². The van der Waals surface area contributed by atoms with Crippen LogP contribution in [-0.2, 0) is 0 Å². The quantitative estimate of drug-likeness (QED) is 0.855. The first-order chi connectivity index (χ1) is 8.16. The summed E-state index contributed by atoms with van der Waals surface area (Å²) in [6.45, 7) is 1.97. The summed E-state index contributed by atoms with van der Waals surface area (Å²) in [6, 6.07) is 15.9. The Kier molecular flexibility index (Phi) is 4.02. The fraction of sp³-hybridized carbons (Fsp3) is 0.143. The summed E-state index contributed by atoms with van der Waals surface area (Å²) in [5.41, 5.74) is 6.91. The lowest BCUT2D eigenvalue weighted by Gasteiger charge is -2.09. The molecule has 2 aromatic carbocycles. The fourth-order valence-corrected chi connectivity index (χ4v) is 1.99. The van der Waals surface area contributed by atoms with Crippen LogP contribution < -0.4 is 10.5 Å². The van der Waals surface area contributed by atoms with Crippen LogP contribution >= 0.6 is 22.6 Å². The Labute approximate surface area is 115 Å². The zero-order valence-electron chi connectivity index (χ0n) is 9.56. The van der Waals surface area contributed by atoms with E-state index in [1.54, 1.807) is 0 Å². The summed E-state index contributed by atoms with van der Waals surface area (Å²) in [5, 5.41) is 0. The van der Waals surface area contributed by atoms with Crippen molar-refractivity contribution in [2.24, 2.45) is 5.73 Å². The summed E-state index contributed by atoms with van der Waals surface area (Å²) in [6.07, 6.45) is 0. The van der Waals surface area contributed by atoms with Crippen molar-refractivity contribution in [3.63, 3.8) is 0 Å². The molecule has 0 aliphatic rings. The number of hydrogen-bond donors (Lipinski definition) is 1. The first-order valence-corrected chi connectivity index (χ1v) is 6.52. The highest BCUT2D eigenvalue weighted by Gasteiger charge is 2.03. The standard InChI is InChI=1S/C14H14INO/c1-10(16)11-6-8-12(9-7-11)17-14-5-3-2-4-13(14)15/h2-10H,16H2,1H3/t10-/m1/s1. The molecule has 0 aliphatic heterocycles. The summed E-state index contributed by atoms with van der Waals surface area (Å²) < 4.78 is 6.89. The van der Waals surface area contributed by atoms with Gasteiger partial charge in [0.15, 0.2) is 0 Å². The Morgan fingerprint density at radius 3 is 2.29 bits per heavy atom. The van der Waals surface area contributed by atoms with E-state index in [2.05, 4.69) is 22.6 Å². The second-order valence-electron chi connectivity index (χ2n) is 3.89. The summed E-state index contributed by atoms with van der Waals surface area (Å²) in [5.74, 6) is 1.71. The van der Waals surface area contributed by atoms with Gasteiger partial charge in [0.2, 0.25) is 0 Å². The van der Waals surface area contributed by atoms with Gasteiger partial charge in [-0.3, -0.25) is 0 Å². The SMILES string of the molecule is C[C@@H](N)c1ccc(Oc2ccccc2I)cc1. The number of benzene rings is 2. The Balaban J connectivity index is 2.17. The maximum atomic E-state index is 5.80. The van der Waals surface area contributed by atoms with Crippen molar-refractivity contribution < 1.29 is 4.74 Å². The van der Waals surface area contributed by atoms with E-state index in [9.17, 15) is 0 Å². The van der Waals surface area contributed by atoms with Crippen molar-refractivity contribution in [1.82, 2.24) is 0 Å². The lowest BCUT2D eigenvalue weighted by atomic mass is 10.1. The molecule has 88 valence electrons. The lowest BCUT2D eigenvalue weighted by Crippen LogP contribution is -2.04. The van der Waals surface area contributed by atoms with Crippen LogP contribution in [-0.4, -0.2) is 0 Å². The van der Waals surface area contributed by atoms with Gasteiger partial charge in [-0.15, -0.1) is 0 Å². The van der Waals surface area contributed by atoms with Gasteiger partial charge in [-0.05, 0) is 59.3 Å². The van der Waals surface area contributed by atoms with Gasteiger partial charge in [0, 0.05) is 6.04 Å². The van der Waals surface area contributed by atoms with E-state index in [-0.39, 0.29) is 6.04 Å². The predicted octanol–water partition coefficient (Wildman–Crippen LogP) is 4.10. The van der Waals surface area contributed by atoms with Gasteiger partial charge in [0.25, 0.3) is 0 Å². The molecule has 0 amide bonds. The molecular weight excluding hydrogens is 325 g/mol. The molecule has 0 spiro atoms. The molecule has 0 fully saturated rings. The first-order valence-electron chi connectivity index (χ1n) is 5.45. The third-order valence-electron chi connectivity index (χ3n) is 2.47. The smallest absolute Gasteiger partial charge is 0.140 e. The molecule has 1 atom stereocenters. The van der Waals surface area contributed by atoms with Gasteiger partial charge in [0.05, 0.1) is 3.57 Å². The lowest BCUT2D eigenvalue weighted by molar-refractivity contribution is 0.479. The van der Waals surface area contributed by atoms with Crippen LogP contribution in [0.3, 0.4) is 0 Å². The molecule has 0 heterocycles. The molecule has 0 saturated carbocycles. The van der Waals surface area contributed by atoms with Gasteiger partial charge in [-0.2, -0.15) is 0 Å². The minimum absolute atomic E-state index is 0.0564. The van der Waals surface area contributed by atoms with Crippen molar-refractivity contribution in [2.75, 3.05) is 0 Å². The normalized spacial score (nSPS) is 12.2. The molecule has 2 rings (SSSR count). The van der Waals surface area contributed by atoms with Crippen molar-refractivity contribution in [3.8, 4) is 11.5 Å². The minimum atomic E-state index is 0.0564. The largest absolute Gasteiger partial charge is 0.456 e. The van der Waals surface area contributed by atoms with E-state index < -0.39 is 0 Å². The Bertz CT molecular complexity index is 494. The molecular formula is C14H14INO. The van der Waals surface area contributed by atoms with Gasteiger partial charge in [-0.1, -0.05) is 24.3 Å². The van der Waals surface area contributed by atoms with Crippen molar-refractivity contribution in [1.29, 1.82) is 0 Å². The number of para-hydroxylation sites is 1. The Hall–Kier alpha value is -1.07. The van der Waals surface area contributed by atoms with Crippen LogP contribution in [0.5, 0.6) is 11.5 Å². The maximum absolute atomic E-state index is 5.80. The number of nitrogens with two attached hydrogens (primary N) is 1. The van der Waals surface area contributed by atoms with Crippen molar-refractivity contribution in [2.45, 2.75) is 13.0 Å². The van der Waals surface area contributed by atoms with Crippen molar-refractivity contribution >= 4 is 22.6 Å². The second kappa shape index (κ2) is 5.51. The summed E-state index contributed by atoms with van der Waals surface area (Å²) >= 11 is 2.26. The van der Waals surface area contributed by atoms with Crippen LogP contribution in [0.15, 0.2) is 48.5 Å². The molecule has 0 unspecified atom stereocenters. The van der Waals surface area contributed by atoms with Crippen LogP contribution in [0.25, 0.3) is 0 Å². The van der Waals surface area contributed by atoms with E-state index in [1.807, 2.05) is 55.5 Å². The number of hydrogen-bond acceptors (Lipinski definition) is 2.